The van der Waals surface area contributed by atoms with E-state index >= 15 is 0 Å². The summed E-state index contributed by atoms with van der Waals surface area (Å²) in [4.78, 5) is 10.4. The molecule has 0 bridgehead atoms. The van der Waals surface area contributed by atoms with Crippen LogP contribution in [-0.4, -0.2) is 24.3 Å². The van der Waals surface area contributed by atoms with Gasteiger partial charge >= 0.3 is 5.97 Å². The molecule has 1 aromatic carbocycles. The predicted octanol–water partition coefficient (Wildman–Crippen LogP) is 2.48. The molecule has 0 heterocycles. The molecule has 0 spiro atoms. The van der Waals surface area contributed by atoms with Gasteiger partial charge in [-0.15, -0.1) is 0 Å². The summed E-state index contributed by atoms with van der Waals surface area (Å²) in [5.41, 5.74) is 1.32. The highest BCUT2D eigenvalue weighted by atomic mass is 16.5. The summed E-state index contributed by atoms with van der Waals surface area (Å²) in [6.07, 6.45) is 2.50. The van der Waals surface area contributed by atoms with Crippen LogP contribution >= 0.6 is 0 Å². The van der Waals surface area contributed by atoms with E-state index < -0.39 is 5.97 Å². The van der Waals surface area contributed by atoms with Crippen LogP contribution in [0, 0.1) is 6.92 Å². The number of aliphatic hydroxyl groups excluding tert-OH is 1. The molecule has 3 heteroatoms. The molecule has 0 atom stereocenters. The number of esters is 1. The largest absolute Gasteiger partial charge is 0.463 e. The third kappa shape index (κ3) is 10.7. The number of carbonyl (C=O) groups is 1. The van der Waals surface area contributed by atoms with E-state index in [0.29, 0.717) is 19.4 Å². The van der Waals surface area contributed by atoms with E-state index in [2.05, 4.69) is 30.4 Å². The summed E-state index contributed by atoms with van der Waals surface area (Å²) in [5.74, 6) is -0.405. The van der Waals surface area contributed by atoms with Crippen molar-refractivity contribution in [3.05, 3.63) is 48.6 Å². The van der Waals surface area contributed by atoms with Crippen molar-refractivity contribution in [3.8, 4) is 0 Å². The molecule has 1 aromatic rings. The number of ether oxygens (including phenoxy) is 1. The monoisotopic (exact) mass is 236 g/mol. The van der Waals surface area contributed by atoms with Gasteiger partial charge in [0.2, 0.25) is 0 Å². The van der Waals surface area contributed by atoms with Crippen molar-refractivity contribution < 1.29 is 14.6 Å². The predicted molar refractivity (Wildman–Crippen MR) is 68.7 cm³/mol. The molecule has 17 heavy (non-hydrogen) atoms. The zero-order valence-corrected chi connectivity index (χ0v) is 10.3. The van der Waals surface area contributed by atoms with E-state index in [4.69, 9.17) is 5.11 Å². The minimum atomic E-state index is -0.405. The summed E-state index contributed by atoms with van der Waals surface area (Å²) in [6.45, 7) is 5.83. The smallest absolute Gasteiger partial charge is 0.330 e. The molecule has 0 unspecified atom stereocenters. The molecule has 0 radical (unpaired) electrons. The summed E-state index contributed by atoms with van der Waals surface area (Å²) < 4.78 is 4.63. The third-order valence-electron chi connectivity index (χ3n) is 1.90. The highest BCUT2D eigenvalue weighted by molar-refractivity contribution is 5.81. The zero-order valence-electron chi connectivity index (χ0n) is 10.3. The summed E-state index contributed by atoms with van der Waals surface area (Å²) in [7, 11) is 0. The van der Waals surface area contributed by atoms with Gasteiger partial charge in [0.05, 0.1) is 6.61 Å². The topological polar surface area (TPSA) is 46.5 Å². The van der Waals surface area contributed by atoms with Gasteiger partial charge in [-0.2, -0.15) is 0 Å². The van der Waals surface area contributed by atoms with Crippen molar-refractivity contribution in [1.82, 2.24) is 0 Å². The van der Waals surface area contributed by atoms with Gasteiger partial charge in [-0.1, -0.05) is 42.5 Å². The van der Waals surface area contributed by atoms with Crippen molar-refractivity contribution in [2.45, 2.75) is 19.8 Å². The Hall–Kier alpha value is -1.61. The molecule has 0 aliphatic heterocycles. The summed E-state index contributed by atoms with van der Waals surface area (Å²) in [6, 6.07) is 10.3. The molecule has 0 amide bonds. The fourth-order valence-electron chi connectivity index (χ4n) is 0.980. The molecule has 0 aliphatic rings. The number of carbonyl (C=O) groups excluding carboxylic acids is 1. The van der Waals surface area contributed by atoms with Gasteiger partial charge in [-0.3, -0.25) is 0 Å². The average Bonchev–Trinajstić information content (AvgIpc) is 2.36. The number of rotatable bonds is 5. The van der Waals surface area contributed by atoms with Gasteiger partial charge < -0.3 is 9.84 Å². The lowest BCUT2D eigenvalue weighted by atomic mass is 10.2. The van der Waals surface area contributed by atoms with Crippen molar-refractivity contribution in [3.63, 3.8) is 0 Å². The van der Waals surface area contributed by atoms with Gasteiger partial charge in [0.15, 0.2) is 0 Å². The highest BCUT2D eigenvalue weighted by Crippen LogP contribution is 1.92. The Morgan fingerprint density at radius 1 is 1.35 bits per heavy atom. The fourth-order valence-corrected chi connectivity index (χ4v) is 0.980. The normalized spacial score (nSPS) is 8.82. The van der Waals surface area contributed by atoms with Crippen LogP contribution in [0.4, 0.5) is 0 Å². The van der Waals surface area contributed by atoms with E-state index in [1.807, 2.05) is 18.2 Å². The summed E-state index contributed by atoms with van der Waals surface area (Å²) >= 11 is 0. The van der Waals surface area contributed by atoms with Gasteiger partial charge in [0.25, 0.3) is 0 Å². The first-order chi connectivity index (χ1) is 8.20. The molecule has 1 N–H and O–H groups in total. The number of hydrogen-bond donors (Lipinski definition) is 1. The first-order valence-electron chi connectivity index (χ1n) is 5.62. The molecule has 0 aliphatic carbocycles. The number of hydrogen-bond acceptors (Lipinski definition) is 3. The SMILES string of the molecule is C=CC(=O)OCCCCO.Cc1ccccc1. The van der Waals surface area contributed by atoms with Crippen molar-refractivity contribution in [2.75, 3.05) is 13.2 Å². The van der Waals surface area contributed by atoms with Gasteiger partial charge in [-0.05, 0) is 19.8 Å². The first kappa shape index (κ1) is 15.4. The van der Waals surface area contributed by atoms with Crippen molar-refractivity contribution >= 4 is 5.97 Å². The van der Waals surface area contributed by atoms with Crippen LogP contribution in [0.3, 0.4) is 0 Å². The average molecular weight is 236 g/mol. The molecular weight excluding hydrogens is 216 g/mol. The lowest BCUT2D eigenvalue weighted by Crippen LogP contribution is -2.02. The Morgan fingerprint density at radius 2 is 2.00 bits per heavy atom. The number of aliphatic hydroxyl groups is 1. The minimum absolute atomic E-state index is 0.144. The van der Waals surface area contributed by atoms with E-state index in [1.165, 1.54) is 5.56 Å². The van der Waals surface area contributed by atoms with Crippen LogP contribution in [-0.2, 0) is 9.53 Å². The Morgan fingerprint density at radius 3 is 2.41 bits per heavy atom. The molecule has 1 rings (SSSR count). The summed E-state index contributed by atoms with van der Waals surface area (Å²) in [5, 5.41) is 8.33. The molecule has 0 fully saturated rings. The van der Waals surface area contributed by atoms with Crippen molar-refractivity contribution in [2.24, 2.45) is 0 Å². The van der Waals surface area contributed by atoms with Crippen LogP contribution < -0.4 is 0 Å². The number of unbranched alkanes of at least 4 members (excludes halogenated alkanes) is 1. The Balaban J connectivity index is 0.000000318. The molecule has 94 valence electrons. The molecular formula is C14H20O3. The fraction of sp³-hybridized carbons (Fsp3) is 0.357. The molecule has 0 aromatic heterocycles. The van der Waals surface area contributed by atoms with E-state index in [0.717, 1.165) is 6.08 Å². The van der Waals surface area contributed by atoms with Crippen LogP contribution in [0.25, 0.3) is 0 Å². The molecule has 3 nitrogen and oxygen atoms in total. The molecule has 0 saturated heterocycles. The maximum Gasteiger partial charge on any atom is 0.330 e. The van der Waals surface area contributed by atoms with Gasteiger partial charge in [0.1, 0.15) is 0 Å². The number of benzene rings is 1. The molecule has 0 saturated carbocycles. The first-order valence-corrected chi connectivity index (χ1v) is 5.62. The number of aryl methyl sites for hydroxylation is 1. The lowest BCUT2D eigenvalue weighted by Gasteiger charge is -1.98. The van der Waals surface area contributed by atoms with E-state index in [1.54, 1.807) is 0 Å². The van der Waals surface area contributed by atoms with E-state index in [-0.39, 0.29) is 6.61 Å². The van der Waals surface area contributed by atoms with Gasteiger partial charge in [0, 0.05) is 12.7 Å². The second-order valence-corrected chi connectivity index (χ2v) is 3.46. The second-order valence-electron chi connectivity index (χ2n) is 3.46. The standard InChI is InChI=1S/C7H12O3.C7H8/c1-2-7(9)10-6-4-3-5-8;1-7-5-3-2-4-6-7/h2,8H,1,3-6H2;2-6H,1H3. The van der Waals surface area contributed by atoms with Crippen LogP contribution in [0.15, 0.2) is 43.0 Å². The third-order valence-corrected chi connectivity index (χ3v) is 1.90. The van der Waals surface area contributed by atoms with Gasteiger partial charge in [-0.25, -0.2) is 4.79 Å². The van der Waals surface area contributed by atoms with E-state index in [9.17, 15) is 4.79 Å². The van der Waals surface area contributed by atoms with Crippen LogP contribution in [0.1, 0.15) is 18.4 Å². The van der Waals surface area contributed by atoms with Crippen LogP contribution in [0.5, 0.6) is 0 Å². The quantitative estimate of drug-likeness (QED) is 0.485. The highest BCUT2D eigenvalue weighted by Gasteiger charge is 1.92. The zero-order chi connectivity index (χ0) is 12.9. The van der Waals surface area contributed by atoms with Crippen molar-refractivity contribution in [1.29, 1.82) is 0 Å². The maximum absolute atomic E-state index is 10.4. The maximum atomic E-state index is 10.4. The lowest BCUT2D eigenvalue weighted by molar-refractivity contribution is -0.137. The Kier molecular flexibility index (Phi) is 9.86. The Bertz CT molecular complexity index is 307. The minimum Gasteiger partial charge on any atom is -0.463 e. The second kappa shape index (κ2) is 10.9. The van der Waals surface area contributed by atoms with Crippen LogP contribution in [0.2, 0.25) is 0 Å². The Labute approximate surface area is 103 Å².